The summed E-state index contributed by atoms with van der Waals surface area (Å²) in [5, 5.41) is 20.3. The zero-order valence-electron chi connectivity index (χ0n) is 16.0. The average Bonchev–Trinajstić information content (AvgIpc) is 3.17. The van der Waals surface area contributed by atoms with Crippen molar-refractivity contribution in [2.45, 2.75) is 6.61 Å². The van der Waals surface area contributed by atoms with Crippen LogP contribution in [0, 0.1) is 11.6 Å². The smallest absolute Gasteiger partial charge is 0.242 e. The summed E-state index contributed by atoms with van der Waals surface area (Å²) in [6.45, 7) is 0.0645. The van der Waals surface area contributed by atoms with Crippen molar-refractivity contribution in [1.29, 1.82) is 0 Å². The molecule has 0 atom stereocenters. The SMILES string of the molecule is Fc1ccccc1-c1c(OCc2cccnn2)nn2c(-c3ccccc3F)nncc12. The predicted octanol–water partition coefficient (Wildman–Crippen LogP) is 4.11. The number of hydrogen-bond acceptors (Lipinski definition) is 6. The topological polar surface area (TPSA) is 78.1 Å². The van der Waals surface area contributed by atoms with Crippen LogP contribution in [0.25, 0.3) is 28.0 Å². The third-order valence-electron chi connectivity index (χ3n) is 4.66. The molecule has 0 saturated carbocycles. The van der Waals surface area contributed by atoms with E-state index in [1.807, 2.05) is 0 Å². The molecule has 3 heterocycles. The second-order valence-corrected chi connectivity index (χ2v) is 6.61. The third-order valence-corrected chi connectivity index (χ3v) is 4.66. The molecule has 0 spiro atoms. The molecule has 31 heavy (non-hydrogen) atoms. The van der Waals surface area contributed by atoms with Crippen LogP contribution in [0.1, 0.15) is 5.69 Å². The first kappa shape index (κ1) is 18.7. The summed E-state index contributed by atoms with van der Waals surface area (Å²) < 4.78 is 36.4. The van der Waals surface area contributed by atoms with Crippen LogP contribution >= 0.6 is 0 Å². The summed E-state index contributed by atoms with van der Waals surface area (Å²) in [5.41, 5.74) is 1.87. The Hall–Kier alpha value is -4.27. The van der Waals surface area contributed by atoms with Gasteiger partial charge in [-0.15, -0.1) is 10.2 Å². The average molecular weight is 416 g/mol. The fraction of sp³-hybridized carbons (Fsp3) is 0.0455. The van der Waals surface area contributed by atoms with Gasteiger partial charge in [0.05, 0.1) is 17.3 Å². The maximum absolute atomic E-state index is 14.7. The van der Waals surface area contributed by atoms with E-state index in [2.05, 4.69) is 25.5 Å². The minimum absolute atomic E-state index is 0.0645. The van der Waals surface area contributed by atoms with Crippen molar-refractivity contribution in [3.05, 3.63) is 90.4 Å². The quantitative estimate of drug-likeness (QED) is 0.429. The normalized spacial score (nSPS) is 11.0. The van der Waals surface area contributed by atoms with Gasteiger partial charge < -0.3 is 4.74 Å². The highest BCUT2D eigenvalue weighted by atomic mass is 19.1. The van der Waals surface area contributed by atoms with Crippen LogP contribution in [0.5, 0.6) is 5.88 Å². The van der Waals surface area contributed by atoms with E-state index in [1.165, 1.54) is 22.8 Å². The Labute approximate surface area is 175 Å². The summed E-state index contributed by atoms with van der Waals surface area (Å²) >= 11 is 0. The van der Waals surface area contributed by atoms with Gasteiger partial charge in [0.1, 0.15) is 29.5 Å². The van der Waals surface area contributed by atoms with Crippen LogP contribution in [0.15, 0.2) is 73.1 Å². The molecule has 9 heteroatoms. The molecule has 7 nitrogen and oxygen atoms in total. The molecule has 5 aromatic rings. The highest BCUT2D eigenvalue weighted by molar-refractivity contribution is 5.85. The summed E-state index contributed by atoms with van der Waals surface area (Å²) in [4.78, 5) is 0. The predicted molar refractivity (Wildman–Crippen MR) is 108 cm³/mol. The molecule has 0 bridgehead atoms. The molecule has 0 fully saturated rings. The first-order valence-corrected chi connectivity index (χ1v) is 9.36. The molecule has 0 amide bonds. The molecule has 0 aliphatic heterocycles. The molecule has 0 aliphatic rings. The first-order valence-electron chi connectivity index (χ1n) is 9.36. The third kappa shape index (κ3) is 3.46. The van der Waals surface area contributed by atoms with E-state index in [0.29, 0.717) is 16.8 Å². The summed E-state index contributed by atoms with van der Waals surface area (Å²) in [6.07, 6.45) is 2.99. The van der Waals surface area contributed by atoms with Crippen LogP contribution in [-0.4, -0.2) is 30.0 Å². The van der Waals surface area contributed by atoms with Crippen molar-refractivity contribution >= 4 is 5.52 Å². The number of rotatable bonds is 5. The number of nitrogens with zero attached hydrogens (tertiary/aromatic N) is 6. The Morgan fingerprint density at radius 3 is 2.26 bits per heavy atom. The van der Waals surface area contributed by atoms with Gasteiger partial charge in [-0.2, -0.15) is 15.3 Å². The minimum Gasteiger partial charge on any atom is -0.470 e. The molecule has 0 saturated heterocycles. The number of benzene rings is 2. The lowest BCUT2D eigenvalue weighted by Crippen LogP contribution is -2.02. The van der Waals surface area contributed by atoms with E-state index in [-0.39, 0.29) is 29.4 Å². The maximum Gasteiger partial charge on any atom is 0.242 e. The van der Waals surface area contributed by atoms with Gasteiger partial charge in [0.25, 0.3) is 0 Å². The van der Waals surface area contributed by atoms with E-state index in [0.717, 1.165) is 0 Å². The van der Waals surface area contributed by atoms with Gasteiger partial charge >= 0.3 is 0 Å². The van der Waals surface area contributed by atoms with Crippen LogP contribution in [-0.2, 0) is 6.61 Å². The summed E-state index contributed by atoms with van der Waals surface area (Å²) in [6, 6.07) is 15.9. The highest BCUT2D eigenvalue weighted by Crippen LogP contribution is 2.37. The molecule has 2 aromatic carbocycles. The standard InChI is InChI=1S/C22H14F2N6O/c23-17-9-3-1-7-15(17)20-19-12-26-28-21(16-8-2-4-10-18(16)24)30(19)29-22(20)31-13-14-6-5-11-25-27-14/h1-12H,13H2. The number of fused-ring (bicyclic) bond motifs is 1. The van der Waals surface area contributed by atoms with Crippen LogP contribution < -0.4 is 4.74 Å². The van der Waals surface area contributed by atoms with Crippen molar-refractivity contribution in [3.8, 4) is 28.4 Å². The number of hydrogen-bond donors (Lipinski definition) is 0. The fourth-order valence-corrected chi connectivity index (χ4v) is 3.25. The minimum atomic E-state index is -0.478. The largest absolute Gasteiger partial charge is 0.470 e. The van der Waals surface area contributed by atoms with Gasteiger partial charge in [-0.25, -0.2) is 13.3 Å². The van der Waals surface area contributed by atoms with Gasteiger partial charge in [-0.05, 0) is 30.3 Å². The van der Waals surface area contributed by atoms with E-state index >= 15 is 0 Å². The van der Waals surface area contributed by atoms with E-state index in [9.17, 15) is 8.78 Å². The van der Waals surface area contributed by atoms with Gasteiger partial charge in [0, 0.05) is 11.8 Å². The molecule has 0 N–H and O–H groups in total. The van der Waals surface area contributed by atoms with Crippen molar-refractivity contribution in [2.24, 2.45) is 0 Å². The monoisotopic (exact) mass is 416 g/mol. The summed E-state index contributed by atoms with van der Waals surface area (Å²) in [7, 11) is 0. The van der Waals surface area contributed by atoms with Crippen molar-refractivity contribution in [1.82, 2.24) is 30.0 Å². The Bertz CT molecular complexity index is 1370. The van der Waals surface area contributed by atoms with Crippen molar-refractivity contribution < 1.29 is 13.5 Å². The molecule has 3 aromatic heterocycles. The van der Waals surface area contributed by atoms with Gasteiger partial charge in [0.2, 0.25) is 5.88 Å². The Kier molecular flexibility index (Phi) is 4.75. The van der Waals surface area contributed by atoms with E-state index < -0.39 is 11.6 Å². The molecule has 5 rings (SSSR count). The maximum atomic E-state index is 14.7. The highest BCUT2D eigenvalue weighted by Gasteiger charge is 2.23. The van der Waals surface area contributed by atoms with Crippen molar-refractivity contribution in [3.63, 3.8) is 0 Å². The molecule has 0 aliphatic carbocycles. The summed E-state index contributed by atoms with van der Waals surface area (Å²) in [5.74, 6) is -0.619. The van der Waals surface area contributed by atoms with Gasteiger partial charge in [0.15, 0.2) is 5.82 Å². The van der Waals surface area contributed by atoms with Crippen LogP contribution in [0.3, 0.4) is 0 Å². The Balaban J connectivity index is 1.71. The fourth-order valence-electron chi connectivity index (χ4n) is 3.25. The number of halogens is 2. The van der Waals surface area contributed by atoms with Gasteiger partial charge in [-0.1, -0.05) is 30.3 Å². The second-order valence-electron chi connectivity index (χ2n) is 6.61. The molecular weight excluding hydrogens is 402 g/mol. The lowest BCUT2D eigenvalue weighted by molar-refractivity contribution is 0.287. The second kappa shape index (κ2) is 7.86. The van der Waals surface area contributed by atoms with Gasteiger partial charge in [-0.3, -0.25) is 0 Å². The van der Waals surface area contributed by atoms with Crippen LogP contribution in [0.4, 0.5) is 8.78 Å². The van der Waals surface area contributed by atoms with E-state index in [1.54, 1.807) is 54.7 Å². The Morgan fingerprint density at radius 2 is 1.55 bits per heavy atom. The van der Waals surface area contributed by atoms with E-state index in [4.69, 9.17) is 4.74 Å². The molecule has 0 radical (unpaired) electrons. The van der Waals surface area contributed by atoms with Crippen LogP contribution in [0.2, 0.25) is 0 Å². The lowest BCUT2D eigenvalue weighted by atomic mass is 10.1. The Morgan fingerprint density at radius 1 is 0.806 bits per heavy atom. The molecular formula is C22H14F2N6O. The van der Waals surface area contributed by atoms with Crippen molar-refractivity contribution in [2.75, 3.05) is 0 Å². The number of ether oxygens (including phenoxy) is 1. The molecule has 0 unspecified atom stereocenters. The lowest BCUT2D eigenvalue weighted by Gasteiger charge is -2.06. The molecule has 152 valence electrons. The first-order chi connectivity index (χ1) is 15.2. The zero-order valence-corrected chi connectivity index (χ0v) is 16.0. The zero-order chi connectivity index (χ0) is 21.2. The number of aromatic nitrogens is 6.